The zero-order chi connectivity index (χ0) is 26.9. The number of aromatic nitrogens is 2. The average molecular weight is 512 g/mol. The number of carbonyl (C=O) groups excluding carboxylic acids is 1. The number of carbonyl (C=O) groups is 1. The lowest BCUT2D eigenvalue weighted by molar-refractivity contribution is -0.0298. The molecule has 0 unspecified atom stereocenters. The quantitative estimate of drug-likeness (QED) is 0.408. The summed E-state index contributed by atoms with van der Waals surface area (Å²) in [5.41, 5.74) is 3.48. The first kappa shape index (κ1) is 25.7. The summed E-state index contributed by atoms with van der Waals surface area (Å²) < 4.78 is 8.08. The van der Waals surface area contributed by atoms with Crippen LogP contribution in [0.3, 0.4) is 0 Å². The fourth-order valence-electron chi connectivity index (χ4n) is 4.64. The minimum atomic E-state index is -0.363. The van der Waals surface area contributed by atoms with Gasteiger partial charge in [-0.05, 0) is 46.4 Å². The lowest BCUT2D eigenvalue weighted by atomic mass is 9.87. The van der Waals surface area contributed by atoms with Crippen LogP contribution in [0, 0.1) is 5.92 Å². The summed E-state index contributed by atoms with van der Waals surface area (Å²) >= 11 is 0. The highest BCUT2D eigenvalue weighted by atomic mass is 16.5. The third kappa shape index (κ3) is 5.34. The van der Waals surface area contributed by atoms with Crippen molar-refractivity contribution in [3.05, 3.63) is 116 Å². The third-order valence-electron chi connectivity index (χ3n) is 7.11. The SMILES string of the molecule is CC(C)(C)c1ccc(Cn2c(=O)n(Cc3ccc(C(=O)NCC4COC4)cc3)c(=O)c3ccccc32)cc1. The molecule has 5 rings (SSSR count). The number of ether oxygens (including phenoxy) is 1. The topological polar surface area (TPSA) is 82.3 Å². The number of amides is 1. The van der Waals surface area contributed by atoms with Crippen molar-refractivity contribution < 1.29 is 9.53 Å². The summed E-state index contributed by atoms with van der Waals surface area (Å²) in [6.45, 7) is 8.92. The lowest BCUT2D eigenvalue weighted by Gasteiger charge is -2.25. The molecule has 1 saturated heterocycles. The molecule has 0 atom stereocenters. The predicted octanol–water partition coefficient (Wildman–Crippen LogP) is 3.93. The number of nitrogens with zero attached hydrogens (tertiary/aromatic N) is 2. The van der Waals surface area contributed by atoms with E-state index in [-0.39, 0.29) is 29.1 Å². The number of hydrogen-bond acceptors (Lipinski definition) is 4. The zero-order valence-corrected chi connectivity index (χ0v) is 22.1. The molecule has 1 aliphatic rings. The largest absolute Gasteiger partial charge is 0.381 e. The van der Waals surface area contributed by atoms with Gasteiger partial charge in [-0.25, -0.2) is 4.79 Å². The van der Waals surface area contributed by atoms with E-state index in [1.54, 1.807) is 34.9 Å². The van der Waals surface area contributed by atoms with Gasteiger partial charge < -0.3 is 10.1 Å². The number of benzene rings is 3. The molecule has 1 aliphatic heterocycles. The highest BCUT2D eigenvalue weighted by Crippen LogP contribution is 2.22. The van der Waals surface area contributed by atoms with Crippen LogP contribution in [0.25, 0.3) is 10.9 Å². The number of hydrogen-bond donors (Lipinski definition) is 1. The van der Waals surface area contributed by atoms with Crippen molar-refractivity contribution in [1.82, 2.24) is 14.5 Å². The van der Waals surface area contributed by atoms with Gasteiger partial charge >= 0.3 is 5.69 Å². The zero-order valence-electron chi connectivity index (χ0n) is 22.1. The molecule has 38 heavy (non-hydrogen) atoms. The summed E-state index contributed by atoms with van der Waals surface area (Å²) in [4.78, 5) is 39.4. The number of fused-ring (bicyclic) bond motifs is 1. The van der Waals surface area contributed by atoms with E-state index in [2.05, 4.69) is 38.2 Å². The van der Waals surface area contributed by atoms with Crippen LogP contribution in [0.1, 0.15) is 47.8 Å². The van der Waals surface area contributed by atoms with Crippen LogP contribution < -0.4 is 16.6 Å². The molecule has 3 aromatic carbocycles. The van der Waals surface area contributed by atoms with E-state index >= 15 is 0 Å². The Kier molecular flexibility index (Phi) is 7.04. The van der Waals surface area contributed by atoms with Crippen molar-refractivity contribution in [2.24, 2.45) is 5.92 Å². The molecule has 0 aliphatic carbocycles. The Hall–Kier alpha value is -3.97. The maximum atomic E-state index is 13.6. The van der Waals surface area contributed by atoms with Gasteiger partial charge in [-0.2, -0.15) is 0 Å². The van der Waals surface area contributed by atoms with Crippen molar-refractivity contribution in [1.29, 1.82) is 0 Å². The van der Waals surface area contributed by atoms with Crippen molar-refractivity contribution >= 4 is 16.8 Å². The number of rotatable bonds is 7. The molecule has 7 heteroatoms. The van der Waals surface area contributed by atoms with Crippen LogP contribution in [-0.4, -0.2) is 34.8 Å². The van der Waals surface area contributed by atoms with Gasteiger partial charge in [-0.1, -0.05) is 69.3 Å². The summed E-state index contributed by atoms with van der Waals surface area (Å²) in [5, 5.41) is 3.42. The monoisotopic (exact) mass is 511 g/mol. The van der Waals surface area contributed by atoms with E-state index in [0.29, 0.717) is 48.7 Å². The molecule has 1 aromatic heterocycles. The second-order valence-corrected chi connectivity index (χ2v) is 11.0. The van der Waals surface area contributed by atoms with Crippen molar-refractivity contribution in [2.75, 3.05) is 19.8 Å². The van der Waals surface area contributed by atoms with Crippen LogP contribution in [0.15, 0.2) is 82.4 Å². The summed E-state index contributed by atoms with van der Waals surface area (Å²) in [5.74, 6) is 0.225. The fraction of sp³-hybridized carbons (Fsp3) is 0.323. The van der Waals surface area contributed by atoms with E-state index in [1.807, 2.05) is 30.3 Å². The van der Waals surface area contributed by atoms with Crippen LogP contribution in [0.5, 0.6) is 0 Å². The Balaban J connectivity index is 1.43. The second-order valence-electron chi connectivity index (χ2n) is 11.0. The average Bonchev–Trinajstić information content (AvgIpc) is 2.88. The number of nitrogens with one attached hydrogen (secondary N) is 1. The van der Waals surface area contributed by atoms with Gasteiger partial charge in [0.15, 0.2) is 0 Å². The molecular formula is C31H33N3O4. The van der Waals surface area contributed by atoms with E-state index in [0.717, 1.165) is 11.1 Å². The molecular weight excluding hydrogens is 478 g/mol. The fourth-order valence-corrected chi connectivity index (χ4v) is 4.64. The molecule has 4 aromatic rings. The van der Waals surface area contributed by atoms with E-state index in [9.17, 15) is 14.4 Å². The van der Waals surface area contributed by atoms with Crippen molar-refractivity contribution in [2.45, 2.75) is 39.3 Å². The molecule has 1 fully saturated rings. The molecule has 2 heterocycles. The maximum Gasteiger partial charge on any atom is 0.332 e. The molecule has 7 nitrogen and oxygen atoms in total. The second kappa shape index (κ2) is 10.4. The molecule has 1 N–H and O–H groups in total. The van der Waals surface area contributed by atoms with Crippen molar-refractivity contribution in [3.63, 3.8) is 0 Å². The normalized spacial score (nSPS) is 13.9. The first-order chi connectivity index (χ1) is 18.2. The van der Waals surface area contributed by atoms with Crippen LogP contribution in [-0.2, 0) is 23.2 Å². The minimum Gasteiger partial charge on any atom is -0.381 e. The van der Waals surface area contributed by atoms with Gasteiger partial charge in [0.1, 0.15) is 0 Å². The van der Waals surface area contributed by atoms with Crippen LogP contribution >= 0.6 is 0 Å². The molecule has 0 saturated carbocycles. The highest BCUT2D eigenvalue weighted by molar-refractivity contribution is 5.94. The molecule has 0 bridgehead atoms. The smallest absolute Gasteiger partial charge is 0.332 e. The molecule has 0 radical (unpaired) electrons. The van der Waals surface area contributed by atoms with E-state index < -0.39 is 0 Å². The summed E-state index contributed by atoms with van der Waals surface area (Å²) in [6, 6.07) is 22.5. The maximum absolute atomic E-state index is 13.6. The summed E-state index contributed by atoms with van der Waals surface area (Å²) in [7, 11) is 0. The number of para-hydroxylation sites is 1. The van der Waals surface area contributed by atoms with Crippen LogP contribution in [0.2, 0.25) is 0 Å². The standard InChI is InChI=1S/C31H33N3O4/c1-31(2,3)25-14-10-22(11-15-25)17-33-27-7-5-4-6-26(27)29(36)34(30(33)37)18-21-8-12-24(13-9-21)28(35)32-16-23-19-38-20-23/h4-15,23H,16-20H2,1-3H3,(H,32,35). The summed E-state index contributed by atoms with van der Waals surface area (Å²) in [6.07, 6.45) is 0. The Labute approximate surface area is 221 Å². The van der Waals surface area contributed by atoms with Crippen molar-refractivity contribution in [3.8, 4) is 0 Å². The Morgan fingerprint density at radius 1 is 0.868 bits per heavy atom. The van der Waals surface area contributed by atoms with Crippen LogP contribution in [0.4, 0.5) is 0 Å². The predicted molar refractivity (Wildman–Crippen MR) is 149 cm³/mol. The van der Waals surface area contributed by atoms with Gasteiger partial charge in [0.2, 0.25) is 0 Å². The highest BCUT2D eigenvalue weighted by Gasteiger charge is 2.19. The first-order valence-corrected chi connectivity index (χ1v) is 13.0. The first-order valence-electron chi connectivity index (χ1n) is 13.0. The van der Waals surface area contributed by atoms with E-state index in [1.165, 1.54) is 10.1 Å². The van der Waals surface area contributed by atoms with Gasteiger partial charge in [-0.15, -0.1) is 0 Å². The van der Waals surface area contributed by atoms with Gasteiger partial charge in [0.05, 0.1) is 37.2 Å². The van der Waals surface area contributed by atoms with E-state index in [4.69, 9.17) is 4.74 Å². The molecule has 1 amide bonds. The Bertz CT molecular complexity index is 1570. The lowest BCUT2D eigenvalue weighted by Crippen LogP contribution is -2.40. The molecule has 196 valence electrons. The Morgan fingerprint density at radius 3 is 2.08 bits per heavy atom. The van der Waals surface area contributed by atoms with Gasteiger partial charge in [0, 0.05) is 18.0 Å². The van der Waals surface area contributed by atoms with Gasteiger partial charge in [-0.3, -0.25) is 18.7 Å². The van der Waals surface area contributed by atoms with Gasteiger partial charge in [0.25, 0.3) is 11.5 Å². The Morgan fingerprint density at radius 2 is 1.47 bits per heavy atom. The third-order valence-corrected chi connectivity index (χ3v) is 7.11. The molecule has 0 spiro atoms. The minimum absolute atomic E-state index is 0.0388.